The molecule has 0 saturated carbocycles. The molecule has 5 heteroatoms. The Balaban J connectivity index is 3.14. The summed E-state index contributed by atoms with van der Waals surface area (Å²) in [6, 6.07) is 2.60. The van der Waals surface area contributed by atoms with E-state index in [0.29, 0.717) is 11.1 Å². The molecule has 0 N–H and O–H groups in total. The standard InChI is InChI=1S/C12H16BrNO3/c1-4-17-12(16)11(8(2)3)14-6-5-9(13)7-10(14)15/h5-8,11H,4H2,1-3H3/t11-/m1/s1. The van der Waals surface area contributed by atoms with Crippen molar-refractivity contribution in [2.75, 3.05) is 6.61 Å². The van der Waals surface area contributed by atoms with Crippen molar-refractivity contribution in [1.82, 2.24) is 4.57 Å². The van der Waals surface area contributed by atoms with Crippen LogP contribution in [0.15, 0.2) is 27.6 Å². The first-order valence-corrected chi connectivity index (χ1v) is 6.31. The number of carbonyl (C=O) groups is 1. The lowest BCUT2D eigenvalue weighted by molar-refractivity contribution is -0.148. The predicted octanol–water partition coefficient (Wildman–Crippen LogP) is 2.37. The molecule has 0 bridgehead atoms. The lowest BCUT2D eigenvalue weighted by Gasteiger charge is -2.21. The van der Waals surface area contributed by atoms with E-state index in [-0.39, 0.29) is 17.4 Å². The first-order valence-electron chi connectivity index (χ1n) is 5.51. The van der Waals surface area contributed by atoms with Gasteiger partial charge in [0.05, 0.1) is 6.61 Å². The predicted molar refractivity (Wildman–Crippen MR) is 68.9 cm³/mol. The number of pyridine rings is 1. The van der Waals surface area contributed by atoms with Crippen LogP contribution in [0.2, 0.25) is 0 Å². The molecule has 0 radical (unpaired) electrons. The first kappa shape index (κ1) is 14.0. The van der Waals surface area contributed by atoms with Gasteiger partial charge in [0.1, 0.15) is 6.04 Å². The van der Waals surface area contributed by atoms with Crippen molar-refractivity contribution in [3.63, 3.8) is 0 Å². The Morgan fingerprint density at radius 2 is 2.18 bits per heavy atom. The summed E-state index contributed by atoms with van der Waals surface area (Å²) in [7, 11) is 0. The van der Waals surface area contributed by atoms with Crippen LogP contribution in [0.4, 0.5) is 0 Å². The normalized spacial score (nSPS) is 12.5. The highest BCUT2D eigenvalue weighted by Crippen LogP contribution is 2.18. The van der Waals surface area contributed by atoms with Gasteiger partial charge in [-0.2, -0.15) is 0 Å². The molecule has 0 aliphatic heterocycles. The maximum absolute atomic E-state index is 11.8. The van der Waals surface area contributed by atoms with Gasteiger partial charge in [-0.25, -0.2) is 4.79 Å². The fourth-order valence-electron chi connectivity index (χ4n) is 1.63. The number of esters is 1. The van der Waals surface area contributed by atoms with E-state index in [1.807, 2.05) is 13.8 Å². The average Bonchev–Trinajstić information content (AvgIpc) is 2.21. The number of halogens is 1. The SMILES string of the molecule is CCOC(=O)[C@@H](C(C)C)n1ccc(Br)cc1=O. The molecule has 1 rings (SSSR count). The highest BCUT2D eigenvalue weighted by atomic mass is 79.9. The smallest absolute Gasteiger partial charge is 0.329 e. The summed E-state index contributed by atoms with van der Waals surface area (Å²) in [5.74, 6) is -0.375. The van der Waals surface area contributed by atoms with Crippen LogP contribution in [-0.2, 0) is 9.53 Å². The third kappa shape index (κ3) is 3.43. The van der Waals surface area contributed by atoms with Gasteiger partial charge in [0.2, 0.25) is 0 Å². The Bertz CT molecular complexity index is 453. The summed E-state index contributed by atoms with van der Waals surface area (Å²) in [5.41, 5.74) is -0.217. The number of hydrogen-bond acceptors (Lipinski definition) is 3. The number of ether oxygens (including phenoxy) is 1. The summed E-state index contributed by atoms with van der Waals surface area (Å²) in [6.45, 7) is 5.83. The first-order chi connectivity index (χ1) is 7.97. The Morgan fingerprint density at radius 3 is 2.65 bits per heavy atom. The van der Waals surface area contributed by atoms with E-state index in [1.54, 1.807) is 19.2 Å². The maximum atomic E-state index is 11.8. The summed E-state index contributed by atoms with van der Waals surface area (Å²) in [4.78, 5) is 23.6. The fraction of sp³-hybridized carbons (Fsp3) is 0.500. The zero-order chi connectivity index (χ0) is 13.0. The molecule has 0 amide bonds. The number of hydrogen-bond donors (Lipinski definition) is 0. The van der Waals surface area contributed by atoms with Crippen molar-refractivity contribution in [1.29, 1.82) is 0 Å². The van der Waals surface area contributed by atoms with Gasteiger partial charge in [0.25, 0.3) is 5.56 Å². The topological polar surface area (TPSA) is 48.3 Å². The van der Waals surface area contributed by atoms with Gasteiger partial charge < -0.3 is 9.30 Å². The fourth-order valence-corrected chi connectivity index (χ4v) is 1.94. The Morgan fingerprint density at radius 1 is 1.53 bits per heavy atom. The third-order valence-electron chi connectivity index (χ3n) is 2.37. The molecule has 0 saturated heterocycles. The molecule has 1 atom stereocenters. The van der Waals surface area contributed by atoms with E-state index in [0.717, 1.165) is 0 Å². The van der Waals surface area contributed by atoms with Gasteiger partial charge in [-0.3, -0.25) is 4.79 Å². The third-order valence-corrected chi connectivity index (χ3v) is 2.86. The summed E-state index contributed by atoms with van der Waals surface area (Å²) < 4.78 is 7.10. The zero-order valence-electron chi connectivity index (χ0n) is 10.1. The quantitative estimate of drug-likeness (QED) is 0.802. The molecule has 1 aromatic heterocycles. The van der Waals surface area contributed by atoms with Crippen LogP contribution in [0.5, 0.6) is 0 Å². The minimum Gasteiger partial charge on any atom is -0.464 e. The monoisotopic (exact) mass is 301 g/mol. The average molecular weight is 302 g/mol. The molecule has 0 fully saturated rings. The van der Waals surface area contributed by atoms with Crippen LogP contribution in [0.3, 0.4) is 0 Å². The largest absolute Gasteiger partial charge is 0.464 e. The van der Waals surface area contributed by atoms with E-state index in [9.17, 15) is 9.59 Å². The highest BCUT2D eigenvalue weighted by molar-refractivity contribution is 9.10. The minimum absolute atomic E-state index is 0.00655. The number of rotatable bonds is 4. The van der Waals surface area contributed by atoms with Crippen LogP contribution in [-0.4, -0.2) is 17.1 Å². The number of carbonyl (C=O) groups excluding carboxylic acids is 1. The molecular weight excluding hydrogens is 286 g/mol. The van der Waals surface area contributed by atoms with Crippen molar-refractivity contribution in [2.45, 2.75) is 26.8 Å². The molecule has 94 valence electrons. The van der Waals surface area contributed by atoms with Crippen molar-refractivity contribution in [3.05, 3.63) is 33.2 Å². The van der Waals surface area contributed by atoms with Gasteiger partial charge in [0, 0.05) is 16.7 Å². The maximum Gasteiger partial charge on any atom is 0.329 e. The molecular formula is C12H16BrNO3. The van der Waals surface area contributed by atoms with Crippen LogP contribution in [0.1, 0.15) is 26.8 Å². The highest BCUT2D eigenvalue weighted by Gasteiger charge is 2.25. The molecule has 1 aromatic rings. The van der Waals surface area contributed by atoms with Crippen molar-refractivity contribution in [3.8, 4) is 0 Å². The van der Waals surface area contributed by atoms with Gasteiger partial charge >= 0.3 is 5.97 Å². The molecule has 1 heterocycles. The molecule has 0 aromatic carbocycles. The molecule has 0 aliphatic carbocycles. The minimum atomic E-state index is -0.574. The Labute approximate surface area is 109 Å². The molecule has 4 nitrogen and oxygen atoms in total. The van der Waals surface area contributed by atoms with Crippen molar-refractivity contribution < 1.29 is 9.53 Å². The van der Waals surface area contributed by atoms with Gasteiger partial charge in [-0.1, -0.05) is 29.8 Å². The van der Waals surface area contributed by atoms with Crippen molar-refractivity contribution in [2.24, 2.45) is 5.92 Å². The van der Waals surface area contributed by atoms with Crippen LogP contribution >= 0.6 is 15.9 Å². The summed E-state index contributed by atoms with van der Waals surface area (Å²) in [6.07, 6.45) is 1.61. The molecule has 0 spiro atoms. The molecule has 0 unspecified atom stereocenters. The Hall–Kier alpha value is -1.10. The van der Waals surface area contributed by atoms with E-state index in [2.05, 4.69) is 15.9 Å². The van der Waals surface area contributed by atoms with E-state index >= 15 is 0 Å². The molecule has 0 aliphatic rings. The van der Waals surface area contributed by atoms with Crippen LogP contribution in [0, 0.1) is 5.92 Å². The van der Waals surface area contributed by atoms with Crippen LogP contribution in [0.25, 0.3) is 0 Å². The number of aromatic nitrogens is 1. The van der Waals surface area contributed by atoms with E-state index < -0.39 is 6.04 Å². The van der Waals surface area contributed by atoms with Gasteiger partial charge in [-0.05, 0) is 18.9 Å². The number of nitrogens with zero attached hydrogens (tertiary/aromatic N) is 1. The Kier molecular flexibility index (Phi) is 4.93. The molecule has 17 heavy (non-hydrogen) atoms. The van der Waals surface area contributed by atoms with E-state index in [1.165, 1.54) is 10.6 Å². The lowest BCUT2D eigenvalue weighted by atomic mass is 10.0. The summed E-state index contributed by atoms with van der Waals surface area (Å²) in [5, 5.41) is 0. The summed E-state index contributed by atoms with van der Waals surface area (Å²) >= 11 is 3.22. The van der Waals surface area contributed by atoms with Gasteiger partial charge in [0.15, 0.2) is 0 Å². The second-order valence-corrected chi connectivity index (χ2v) is 4.95. The second-order valence-electron chi connectivity index (χ2n) is 4.03. The van der Waals surface area contributed by atoms with Crippen molar-refractivity contribution >= 4 is 21.9 Å². The van der Waals surface area contributed by atoms with Crippen LogP contribution < -0.4 is 5.56 Å². The lowest BCUT2D eigenvalue weighted by Crippen LogP contribution is -2.33. The zero-order valence-corrected chi connectivity index (χ0v) is 11.7. The second kappa shape index (κ2) is 6.00. The van der Waals surface area contributed by atoms with Gasteiger partial charge in [-0.15, -0.1) is 0 Å². The van der Waals surface area contributed by atoms with E-state index in [4.69, 9.17) is 4.74 Å².